The van der Waals surface area contributed by atoms with E-state index in [4.69, 9.17) is 21.8 Å². The van der Waals surface area contributed by atoms with Crippen LogP contribution in [0.4, 0.5) is 11.4 Å². The van der Waals surface area contributed by atoms with Crippen molar-refractivity contribution >= 4 is 34.7 Å². The first-order chi connectivity index (χ1) is 12.6. The first kappa shape index (κ1) is 22.5. The van der Waals surface area contributed by atoms with Gasteiger partial charge in [0.15, 0.2) is 0 Å². The zero-order valence-corrected chi connectivity index (χ0v) is 16.0. The largest absolute Gasteiger partial charge is 0.395 e. The van der Waals surface area contributed by atoms with E-state index in [1.165, 1.54) is 11.8 Å². The number of thioether (sulfide) groups is 1. The van der Waals surface area contributed by atoms with Crippen LogP contribution >= 0.6 is 23.4 Å². The van der Waals surface area contributed by atoms with Crippen molar-refractivity contribution in [3.63, 3.8) is 0 Å². The van der Waals surface area contributed by atoms with E-state index in [9.17, 15) is 5.11 Å². The lowest BCUT2D eigenvalue weighted by Crippen LogP contribution is -2.29. The summed E-state index contributed by atoms with van der Waals surface area (Å²) in [5.41, 5.74) is 1.57. The zero-order valence-electron chi connectivity index (χ0n) is 14.5. The molecule has 0 aliphatic heterocycles. The molecule has 7 nitrogen and oxygen atoms in total. The van der Waals surface area contributed by atoms with Gasteiger partial charge in [0, 0.05) is 31.5 Å². The number of nitrogens with zero attached hydrogens (tertiary/aromatic N) is 3. The van der Waals surface area contributed by atoms with E-state index in [1.54, 1.807) is 11.6 Å². The van der Waals surface area contributed by atoms with Gasteiger partial charge < -0.3 is 25.5 Å². The Balaban J connectivity index is 2.47. The van der Waals surface area contributed by atoms with Gasteiger partial charge in [0.25, 0.3) is 0 Å². The molecule has 1 unspecified atom stereocenters. The molecule has 0 heterocycles. The van der Waals surface area contributed by atoms with Crippen LogP contribution in [-0.2, 0) is 0 Å². The molecule has 0 amide bonds. The van der Waals surface area contributed by atoms with Gasteiger partial charge in [-0.25, -0.2) is 0 Å². The molecule has 0 spiro atoms. The van der Waals surface area contributed by atoms with Gasteiger partial charge in [-0.15, -0.1) is 16.7 Å². The number of aliphatic hydroxyl groups is 3. The molecule has 0 saturated carbocycles. The number of hydrogen-bond acceptors (Lipinski definition) is 8. The Bertz CT molecular complexity index is 578. The van der Waals surface area contributed by atoms with Crippen molar-refractivity contribution in [2.75, 3.05) is 43.6 Å². The second-order valence-electron chi connectivity index (χ2n) is 5.18. The monoisotopic (exact) mass is 400 g/mol. The van der Waals surface area contributed by atoms with Gasteiger partial charge in [-0.1, -0.05) is 18.3 Å². The molecule has 1 aromatic carbocycles. The number of halogens is 1. The molecule has 26 heavy (non-hydrogen) atoms. The van der Waals surface area contributed by atoms with Gasteiger partial charge >= 0.3 is 0 Å². The lowest BCUT2D eigenvalue weighted by Gasteiger charge is -2.22. The molecule has 0 aliphatic rings. The second kappa shape index (κ2) is 13.6. The first-order valence-electron chi connectivity index (χ1n) is 8.07. The molecule has 0 aliphatic carbocycles. The number of azo groups is 1. The van der Waals surface area contributed by atoms with Crippen molar-refractivity contribution in [3.8, 4) is 0 Å². The molecule has 144 valence electrons. The highest BCUT2D eigenvalue weighted by molar-refractivity contribution is 8.05. The van der Waals surface area contributed by atoms with E-state index in [-0.39, 0.29) is 19.1 Å². The minimum Gasteiger partial charge on any atom is -0.395 e. The van der Waals surface area contributed by atoms with Crippen LogP contribution in [0.15, 0.2) is 57.7 Å². The van der Waals surface area contributed by atoms with Gasteiger partial charge in [-0.05, 0) is 29.7 Å². The molecule has 0 radical (unpaired) electrons. The molecule has 1 rings (SSSR count). The van der Waals surface area contributed by atoms with Gasteiger partial charge in [-0.2, -0.15) is 5.11 Å². The number of alkyl halides is 1. The minimum absolute atomic E-state index is 0.0196. The van der Waals surface area contributed by atoms with E-state index in [1.807, 2.05) is 29.2 Å². The highest BCUT2D eigenvalue weighted by atomic mass is 35.5. The van der Waals surface area contributed by atoms with E-state index < -0.39 is 6.10 Å². The predicted octanol–water partition coefficient (Wildman–Crippen LogP) is 2.43. The Kier molecular flexibility index (Phi) is 11.7. The van der Waals surface area contributed by atoms with Crippen molar-refractivity contribution in [1.82, 2.24) is 5.32 Å². The van der Waals surface area contributed by atoms with Crippen LogP contribution in [0.25, 0.3) is 0 Å². The summed E-state index contributed by atoms with van der Waals surface area (Å²) in [6.45, 7) is 5.13. The van der Waals surface area contributed by atoms with Crippen LogP contribution < -0.4 is 10.2 Å². The number of hydrogen-bond donors (Lipinski definition) is 4. The second-order valence-corrected chi connectivity index (χ2v) is 6.47. The predicted molar refractivity (Wildman–Crippen MR) is 108 cm³/mol. The van der Waals surface area contributed by atoms with Crippen LogP contribution in [0.2, 0.25) is 0 Å². The molecule has 0 aromatic heterocycles. The lowest BCUT2D eigenvalue weighted by atomic mass is 10.2. The summed E-state index contributed by atoms with van der Waals surface area (Å²) in [4.78, 5) is 1.88. The number of anilines is 1. The van der Waals surface area contributed by atoms with Crippen LogP contribution in [0.3, 0.4) is 0 Å². The van der Waals surface area contributed by atoms with Gasteiger partial charge in [0.2, 0.25) is 0 Å². The summed E-state index contributed by atoms with van der Waals surface area (Å²) in [7, 11) is 0. The van der Waals surface area contributed by atoms with Crippen LogP contribution in [0, 0.1) is 0 Å². The summed E-state index contributed by atoms with van der Waals surface area (Å²) in [6, 6.07) is 7.34. The highest BCUT2D eigenvalue weighted by Crippen LogP contribution is 2.22. The summed E-state index contributed by atoms with van der Waals surface area (Å²) >= 11 is 6.79. The molecule has 0 bridgehead atoms. The normalized spacial score (nSPS) is 12.6. The number of benzene rings is 1. The fourth-order valence-electron chi connectivity index (χ4n) is 1.90. The maximum absolute atomic E-state index is 9.28. The Morgan fingerprint density at radius 1 is 1.27 bits per heavy atom. The molecule has 0 saturated heterocycles. The topological polar surface area (TPSA) is 101 Å². The molecule has 1 atom stereocenters. The quantitative estimate of drug-likeness (QED) is 0.299. The van der Waals surface area contributed by atoms with E-state index in [0.29, 0.717) is 30.4 Å². The third-order valence-electron chi connectivity index (χ3n) is 3.15. The molecule has 0 fully saturated rings. The SMILES string of the molecule is C=C(N=Nc1ccc(N(CCO)CCO)cc1)SC=CNCC(O)CCl. The minimum atomic E-state index is -0.581. The molecular weight excluding hydrogens is 376 g/mol. The maximum Gasteiger partial charge on any atom is 0.116 e. The molecule has 4 N–H and O–H groups in total. The van der Waals surface area contributed by atoms with Crippen molar-refractivity contribution < 1.29 is 15.3 Å². The van der Waals surface area contributed by atoms with Crippen molar-refractivity contribution in [1.29, 1.82) is 0 Å². The summed E-state index contributed by atoms with van der Waals surface area (Å²) in [5, 5.41) is 40.8. The van der Waals surface area contributed by atoms with Gasteiger partial charge in [0.1, 0.15) is 5.03 Å². The standard InChI is InChI=1S/C17H25ClN4O3S/c1-14(26-11-6-19-13-17(25)12-18)20-21-15-2-4-16(5-3-15)22(7-9-23)8-10-24/h2-6,11,17,19,23-25H,1,7-10,12-13H2. The van der Waals surface area contributed by atoms with Crippen molar-refractivity contribution in [3.05, 3.63) is 47.5 Å². The van der Waals surface area contributed by atoms with Gasteiger partial charge in [-0.3, -0.25) is 0 Å². The lowest BCUT2D eigenvalue weighted by molar-refractivity contribution is 0.199. The van der Waals surface area contributed by atoms with Gasteiger partial charge in [0.05, 0.1) is 30.9 Å². The highest BCUT2D eigenvalue weighted by Gasteiger charge is 2.05. The average Bonchev–Trinajstić information content (AvgIpc) is 2.66. The van der Waals surface area contributed by atoms with Crippen LogP contribution in [0.1, 0.15) is 0 Å². The summed E-state index contributed by atoms with van der Waals surface area (Å²) in [6.07, 6.45) is 1.11. The first-order valence-corrected chi connectivity index (χ1v) is 9.48. The molecular formula is C17H25ClN4O3S. The van der Waals surface area contributed by atoms with E-state index in [2.05, 4.69) is 22.1 Å². The van der Waals surface area contributed by atoms with E-state index >= 15 is 0 Å². The average molecular weight is 401 g/mol. The summed E-state index contributed by atoms with van der Waals surface area (Å²) in [5.74, 6) is 0.186. The number of nitrogens with one attached hydrogen (secondary N) is 1. The zero-order chi connectivity index (χ0) is 19.2. The fourth-order valence-corrected chi connectivity index (χ4v) is 2.42. The number of rotatable bonds is 13. The fraction of sp³-hybridized carbons (Fsp3) is 0.412. The van der Waals surface area contributed by atoms with Crippen LogP contribution in [0.5, 0.6) is 0 Å². The van der Waals surface area contributed by atoms with Crippen LogP contribution in [-0.4, -0.2) is 60.2 Å². The Morgan fingerprint density at radius 3 is 2.50 bits per heavy atom. The Morgan fingerprint density at radius 2 is 1.92 bits per heavy atom. The maximum atomic E-state index is 9.28. The molecule has 1 aromatic rings. The Labute approximate surface area is 163 Å². The van der Waals surface area contributed by atoms with Crippen molar-refractivity contribution in [2.45, 2.75) is 6.10 Å². The Hall–Kier alpha value is -1.58. The van der Waals surface area contributed by atoms with Crippen molar-refractivity contribution in [2.24, 2.45) is 10.2 Å². The molecule has 9 heteroatoms. The van der Waals surface area contributed by atoms with E-state index in [0.717, 1.165) is 5.69 Å². The number of aliphatic hydroxyl groups excluding tert-OH is 3. The third-order valence-corrected chi connectivity index (χ3v) is 4.14. The summed E-state index contributed by atoms with van der Waals surface area (Å²) < 4.78 is 0. The smallest absolute Gasteiger partial charge is 0.116 e. The third kappa shape index (κ3) is 9.21.